The van der Waals surface area contributed by atoms with Crippen molar-refractivity contribution in [2.24, 2.45) is 5.92 Å². The molecule has 0 heterocycles. The molecule has 2 aliphatic carbocycles. The van der Waals surface area contributed by atoms with Gasteiger partial charge in [0, 0.05) is 12.1 Å². The van der Waals surface area contributed by atoms with Crippen molar-refractivity contribution in [2.75, 3.05) is 0 Å². The SMILES string of the molecule is CC[C@H]1CC[C@H](NC2CCCC2)CC1. The van der Waals surface area contributed by atoms with Crippen molar-refractivity contribution >= 4 is 0 Å². The van der Waals surface area contributed by atoms with E-state index in [4.69, 9.17) is 0 Å². The summed E-state index contributed by atoms with van der Waals surface area (Å²) < 4.78 is 0. The van der Waals surface area contributed by atoms with Gasteiger partial charge in [0.1, 0.15) is 0 Å². The monoisotopic (exact) mass is 195 g/mol. The van der Waals surface area contributed by atoms with Gasteiger partial charge in [0.25, 0.3) is 0 Å². The Morgan fingerprint density at radius 3 is 2.00 bits per heavy atom. The molecular formula is C13H25N. The van der Waals surface area contributed by atoms with Crippen LogP contribution in [0.15, 0.2) is 0 Å². The Morgan fingerprint density at radius 2 is 1.43 bits per heavy atom. The van der Waals surface area contributed by atoms with E-state index in [2.05, 4.69) is 12.2 Å². The van der Waals surface area contributed by atoms with E-state index in [1.807, 2.05) is 0 Å². The Morgan fingerprint density at radius 1 is 0.857 bits per heavy atom. The molecule has 2 saturated carbocycles. The first kappa shape index (κ1) is 10.5. The Labute approximate surface area is 88.7 Å². The van der Waals surface area contributed by atoms with Gasteiger partial charge in [0.15, 0.2) is 0 Å². The van der Waals surface area contributed by atoms with Gasteiger partial charge in [0.05, 0.1) is 0 Å². The van der Waals surface area contributed by atoms with Gasteiger partial charge >= 0.3 is 0 Å². The minimum atomic E-state index is 0.862. The molecule has 0 unspecified atom stereocenters. The predicted octanol–water partition coefficient (Wildman–Crippen LogP) is 3.49. The maximum atomic E-state index is 3.86. The predicted molar refractivity (Wildman–Crippen MR) is 61.4 cm³/mol. The lowest BCUT2D eigenvalue weighted by molar-refractivity contribution is 0.269. The lowest BCUT2D eigenvalue weighted by Gasteiger charge is -2.30. The maximum Gasteiger partial charge on any atom is 0.00698 e. The Balaban J connectivity index is 1.67. The average Bonchev–Trinajstić information content (AvgIpc) is 2.72. The molecule has 0 saturated heterocycles. The molecule has 0 radical (unpaired) electrons. The summed E-state index contributed by atoms with van der Waals surface area (Å²) in [6, 6.07) is 1.74. The highest BCUT2D eigenvalue weighted by Gasteiger charge is 2.23. The number of nitrogens with one attached hydrogen (secondary N) is 1. The largest absolute Gasteiger partial charge is 0.311 e. The lowest BCUT2D eigenvalue weighted by atomic mass is 9.84. The van der Waals surface area contributed by atoms with Gasteiger partial charge in [-0.3, -0.25) is 0 Å². The van der Waals surface area contributed by atoms with Crippen molar-refractivity contribution in [1.29, 1.82) is 0 Å². The average molecular weight is 195 g/mol. The topological polar surface area (TPSA) is 12.0 Å². The standard InChI is InChI=1S/C13H25N/c1-2-11-7-9-13(10-8-11)14-12-5-3-4-6-12/h11-14H,2-10H2,1H3/t11-,13-. The fourth-order valence-corrected chi connectivity index (χ4v) is 3.16. The van der Waals surface area contributed by atoms with Gasteiger partial charge in [-0.15, -0.1) is 0 Å². The lowest BCUT2D eigenvalue weighted by Crippen LogP contribution is -2.39. The van der Waals surface area contributed by atoms with E-state index in [1.54, 1.807) is 0 Å². The van der Waals surface area contributed by atoms with Crippen LogP contribution < -0.4 is 5.32 Å². The van der Waals surface area contributed by atoms with Crippen molar-refractivity contribution in [1.82, 2.24) is 5.32 Å². The zero-order chi connectivity index (χ0) is 9.80. The van der Waals surface area contributed by atoms with Crippen LogP contribution >= 0.6 is 0 Å². The molecule has 0 aromatic carbocycles. The van der Waals surface area contributed by atoms with Gasteiger partial charge in [-0.05, 0) is 44.4 Å². The fourth-order valence-electron chi connectivity index (χ4n) is 3.16. The van der Waals surface area contributed by atoms with Crippen LogP contribution in [0, 0.1) is 5.92 Å². The molecule has 1 N–H and O–H groups in total. The van der Waals surface area contributed by atoms with Gasteiger partial charge in [-0.2, -0.15) is 0 Å². The first-order chi connectivity index (χ1) is 6.88. The molecule has 0 bridgehead atoms. The molecule has 0 aliphatic heterocycles. The van der Waals surface area contributed by atoms with Crippen molar-refractivity contribution in [2.45, 2.75) is 76.8 Å². The molecule has 0 aromatic heterocycles. The van der Waals surface area contributed by atoms with E-state index in [9.17, 15) is 0 Å². The van der Waals surface area contributed by atoms with Crippen molar-refractivity contribution < 1.29 is 0 Å². The number of hydrogen-bond acceptors (Lipinski definition) is 1. The van der Waals surface area contributed by atoms with Crippen LogP contribution in [-0.4, -0.2) is 12.1 Å². The van der Waals surface area contributed by atoms with Crippen molar-refractivity contribution in [3.8, 4) is 0 Å². The summed E-state index contributed by atoms with van der Waals surface area (Å²) in [5, 5.41) is 3.86. The summed E-state index contributed by atoms with van der Waals surface area (Å²) in [6.45, 7) is 2.34. The molecule has 82 valence electrons. The van der Waals surface area contributed by atoms with Crippen LogP contribution in [0.2, 0.25) is 0 Å². The number of rotatable bonds is 3. The smallest absolute Gasteiger partial charge is 0.00698 e. The van der Waals surface area contributed by atoms with Crippen molar-refractivity contribution in [3.63, 3.8) is 0 Å². The maximum absolute atomic E-state index is 3.86. The first-order valence-electron chi connectivity index (χ1n) is 6.64. The molecule has 0 aromatic rings. The third-order valence-corrected chi connectivity index (χ3v) is 4.25. The Hall–Kier alpha value is -0.0400. The highest BCUT2D eigenvalue weighted by molar-refractivity contribution is 4.82. The second-order valence-corrected chi connectivity index (χ2v) is 5.27. The van der Waals surface area contributed by atoms with Gasteiger partial charge in [-0.25, -0.2) is 0 Å². The molecule has 14 heavy (non-hydrogen) atoms. The normalized spacial score (nSPS) is 34.9. The first-order valence-corrected chi connectivity index (χ1v) is 6.64. The minimum Gasteiger partial charge on any atom is -0.311 e. The van der Waals surface area contributed by atoms with Crippen molar-refractivity contribution in [3.05, 3.63) is 0 Å². The fraction of sp³-hybridized carbons (Fsp3) is 1.00. The Kier molecular flexibility index (Phi) is 3.86. The molecular weight excluding hydrogens is 170 g/mol. The summed E-state index contributed by atoms with van der Waals surface area (Å²) in [4.78, 5) is 0. The molecule has 2 aliphatic rings. The molecule has 2 fully saturated rings. The summed E-state index contributed by atoms with van der Waals surface area (Å²) in [5.74, 6) is 1.04. The zero-order valence-corrected chi connectivity index (χ0v) is 9.60. The van der Waals surface area contributed by atoms with Crippen LogP contribution in [0.4, 0.5) is 0 Å². The quantitative estimate of drug-likeness (QED) is 0.727. The second kappa shape index (κ2) is 5.16. The second-order valence-electron chi connectivity index (χ2n) is 5.27. The summed E-state index contributed by atoms with van der Waals surface area (Å²) in [7, 11) is 0. The van der Waals surface area contributed by atoms with E-state index in [-0.39, 0.29) is 0 Å². The third kappa shape index (κ3) is 2.73. The summed E-state index contributed by atoms with van der Waals surface area (Å²) >= 11 is 0. The summed E-state index contributed by atoms with van der Waals surface area (Å²) in [6.07, 6.45) is 13.0. The molecule has 1 nitrogen and oxygen atoms in total. The van der Waals surface area contributed by atoms with E-state index < -0.39 is 0 Å². The van der Waals surface area contributed by atoms with Gasteiger partial charge < -0.3 is 5.32 Å². The van der Waals surface area contributed by atoms with Crippen LogP contribution in [0.1, 0.15) is 64.7 Å². The highest BCUT2D eigenvalue weighted by atomic mass is 15.0. The van der Waals surface area contributed by atoms with E-state index in [0.717, 1.165) is 18.0 Å². The van der Waals surface area contributed by atoms with Crippen LogP contribution in [0.5, 0.6) is 0 Å². The van der Waals surface area contributed by atoms with Gasteiger partial charge in [0.2, 0.25) is 0 Å². The summed E-state index contributed by atoms with van der Waals surface area (Å²) in [5.41, 5.74) is 0. The van der Waals surface area contributed by atoms with Crippen LogP contribution in [0.3, 0.4) is 0 Å². The molecule has 0 atom stereocenters. The van der Waals surface area contributed by atoms with E-state index in [0.29, 0.717) is 0 Å². The Bertz CT molecular complexity index is 153. The van der Waals surface area contributed by atoms with Crippen LogP contribution in [-0.2, 0) is 0 Å². The molecule has 0 spiro atoms. The third-order valence-electron chi connectivity index (χ3n) is 4.25. The molecule has 2 rings (SSSR count). The highest BCUT2D eigenvalue weighted by Crippen LogP contribution is 2.28. The minimum absolute atomic E-state index is 0.862. The molecule has 1 heteroatoms. The zero-order valence-electron chi connectivity index (χ0n) is 9.60. The molecule has 0 amide bonds. The number of hydrogen-bond donors (Lipinski definition) is 1. The van der Waals surface area contributed by atoms with E-state index >= 15 is 0 Å². The van der Waals surface area contributed by atoms with Gasteiger partial charge in [-0.1, -0.05) is 26.2 Å². The van der Waals surface area contributed by atoms with Crippen LogP contribution in [0.25, 0.3) is 0 Å². The van der Waals surface area contributed by atoms with E-state index in [1.165, 1.54) is 57.8 Å².